The Balaban J connectivity index is 3.17. The van der Waals surface area contributed by atoms with Gasteiger partial charge in [-0.25, -0.2) is 4.39 Å². The lowest BCUT2D eigenvalue weighted by molar-refractivity contribution is 0.672. The normalized spacial score (nSPS) is 12.0. The molecule has 0 saturated carbocycles. The predicted molar refractivity (Wildman–Crippen MR) is 27.7 cm³/mol. The molecule has 0 heterocycles. The summed E-state index contributed by atoms with van der Waals surface area (Å²) in [5.74, 6) is 0. The topological polar surface area (TPSA) is 0 Å². The van der Waals surface area contributed by atoms with Gasteiger partial charge in [0, 0.05) is 0 Å². The van der Waals surface area contributed by atoms with Crippen LogP contribution >= 0.6 is 0 Å². The highest BCUT2D eigenvalue weighted by Gasteiger charge is 2.12. The molecule has 6 heavy (non-hydrogen) atoms. The van der Waals surface area contributed by atoms with E-state index in [9.17, 15) is 4.39 Å². The lowest BCUT2D eigenvalue weighted by Crippen LogP contribution is -2.17. The first kappa shape index (κ1) is 6.15. The van der Waals surface area contributed by atoms with Crippen LogP contribution in [0.5, 0.6) is 0 Å². The summed E-state index contributed by atoms with van der Waals surface area (Å²) >= 11 is 0. The van der Waals surface area contributed by atoms with Gasteiger partial charge >= 0.3 is 0 Å². The van der Waals surface area contributed by atoms with Crippen LogP contribution in [0.2, 0.25) is 19.6 Å². The summed E-state index contributed by atoms with van der Waals surface area (Å²) in [5.41, 5.74) is 0. The second kappa shape index (κ2) is 1.73. The minimum atomic E-state index is -1.55. The minimum absolute atomic E-state index is 1.55. The van der Waals surface area contributed by atoms with Crippen LogP contribution in [0.15, 0.2) is 0 Å². The van der Waals surface area contributed by atoms with E-state index in [2.05, 4.69) is 0 Å². The molecule has 0 rings (SSSR count). The van der Waals surface area contributed by atoms with E-state index in [0.717, 1.165) is 0 Å². The molecule has 0 aliphatic heterocycles. The second-order valence-corrected chi connectivity index (χ2v) is 7.03. The Kier molecular flexibility index (Phi) is 1.78. The van der Waals surface area contributed by atoms with Gasteiger partial charge in [-0.1, -0.05) is 19.6 Å². The smallest absolute Gasteiger partial charge is 0.164 e. The maximum atomic E-state index is 11.3. The van der Waals surface area contributed by atoms with Gasteiger partial charge in [-0.2, -0.15) is 0 Å². The zero-order chi connectivity index (χ0) is 5.21. The van der Waals surface area contributed by atoms with Crippen LogP contribution in [0.3, 0.4) is 0 Å². The van der Waals surface area contributed by atoms with Crippen LogP contribution in [-0.4, -0.2) is 8.07 Å². The first-order valence-corrected chi connectivity index (χ1v) is 5.44. The molecule has 0 aromatic rings. The van der Waals surface area contributed by atoms with Gasteiger partial charge in [0.25, 0.3) is 0 Å². The van der Waals surface area contributed by atoms with Crippen molar-refractivity contribution in [2.75, 3.05) is 0 Å². The van der Waals surface area contributed by atoms with Crippen molar-refractivity contribution in [3.05, 3.63) is 6.30 Å². The Morgan fingerprint density at radius 3 is 1.50 bits per heavy atom. The van der Waals surface area contributed by atoms with Gasteiger partial charge < -0.3 is 0 Å². The SMILES string of the molecule is C[Si](C)(C)[C]F. The molecule has 36 valence electrons. The maximum Gasteiger partial charge on any atom is 0.164 e. The fourth-order valence-electron chi connectivity index (χ4n) is 0. The zero-order valence-electron chi connectivity index (χ0n) is 4.38. The highest BCUT2D eigenvalue weighted by Crippen LogP contribution is 2.03. The minimum Gasteiger partial charge on any atom is -0.241 e. The van der Waals surface area contributed by atoms with E-state index in [1.807, 2.05) is 19.6 Å². The van der Waals surface area contributed by atoms with Crippen molar-refractivity contribution in [2.45, 2.75) is 19.6 Å². The van der Waals surface area contributed by atoms with Gasteiger partial charge in [0.1, 0.15) is 0 Å². The first-order chi connectivity index (χ1) is 2.56. The molecule has 0 aromatic heterocycles. The zero-order valence-corrected chi connectivity index (χ0v) is 5.38. The average molecular weight is 104 g/mol. The van der Waals surface area contributed by atoms with E-state index < -0.39 is 8.07 Å². The Morgan fingerprint density at radius 2 is 1.50 bits per heavy atom. The van der Waals surface area contributed by atoms with Crippen molar-refractivity contribution in [3.8, 4) is 0 Å². The number of rotatable bonds is 1. The van der Waals surface area contributed by atoms with Gasteiger partial charge in [-0.05, 0) is 0 Å². The van der Waals surface area contributed by atoms with Crippen molar-refractivity contribution in [1.82, 2.24) is 0 Å². The molecule has 0 nitrogen and oxygen atoms in total. The van der Waals surface area contributed by atoms with Gasteiger partial charge in [-0.15, -0.1) is 0 Å². The number of hydrogen-bond acceptors (Lipinski definition) is 0. The standard InChI is InChI=1S/C4H9FSi/c1-6(2,3)4-5/h1-3H3. The van der Waals surface area contributed by atoms with Crippen LogP contribution in [0.4, 0.5) is 4.39 Å². The van der Waals surface area contributed by atoms with Crippen LogP contribution < -0.4 is 0 Å². The van der Waals surface area contributed by atoms with E-state index in [1.165, 1.54) is 0 Å². The molecule has 0 unspecified atom stereocenters. The van der Waals surface area contributed by atoms with Gasteiger partial charge in [0.05, 0.1) is 8.07 Å². The fourth-order valence-corrected chi connectivity index (χ4v) is 0. The molecule has 0 saturated heterocycles. The van der Waals surface area contributed by atoms with Gasteiger partial charge in [-0.3, -0.25) is 0 Å². The Labute approximate surface area is 39.4 Å². The van der Waals surface area contributed by atoms with E-state index in [1.54, 1.807) is 6.30 Å². The van der Waals surface area contributed by atoms with Crippen molar-refractivity contribution in [3.63, 3.8) is 0 Å². The van der Waals surface area contributed by atoms with E-state index in [0.29, 0.717) is 0 Å². The van der Waals surface area contributed by atoms with E-state index in [4.69, 9.17) is 0 Å². The Bertz CT molecular complexity index is 37.3. The molecule has 0 aliphatic rings. The van der Waals surface area contributed by atoms with Crippen LogP contribution in [-0.2, 0) is 0 Å². The molecule has 2 radical (unpaired) electrons. The van der Waals surface area contributed by atoms with Gasteiger partial charge in [0.2, 0.25) is 0 Å². The summed E-state index contributed by atoms with van der Waals surface area (Å²) in [6, 6.07) is 0. The lowest BCUT2D eigenvalue weighted by Gasteiger charge is -2.03. The molecule has 0 spiro atoms. The molecule has 0 aromatic carbocycles. The van der Waals surface area contributed by atoms with Crippen molar-refractivity contribution in [1.29, 1.82) is 0 Å². The highest BCUT2D eigenvalue weighted by molar-refractivity contribution is 6.79. The van der Waals surface area contributed by atoms with Crippen molar-refractivity contribution in [2.24, 2.45) is 0 Å². The van der Waals surface area contributed by atoms with Crippen LogP contribution in [0.1, 0.15) is 0 Å². The molecular weight excluding hydrogens is 95.1 g/mol. The van der Waals surface area contributed by atoms with E-state index >= 15 is 0 Å². The predicted octanol–water partition coefficient (Wildman–Crippen LogP) is 1.87. The molecular formula is C4H9FSi. The summed E-state index contributed by atoms with van der Waals surface area (Å²) < 4.78 is 11.3. The third kappa shape index (κ3) is 4.15. The Morgan fingerprint density at radius 1 is 1.33 bits per heavy atom. The summed E-state index contributed by atoms with van der Waals surface area (Å²) in [4.78, 5) is 0. The molecule has 0 aliphatic carbocycles. The molecule has 0 bridgehead atoms. The monoisotopic (exact) mass is 104 g/mol. The Hall–Kier alpha value is 0.147. The fraction of sp³-hybridized carbons (Fsp3) is 0.750. The summed E-state index contributed by atoms with van der Waals surface area (Å²) in [6.45, 7) is 5.69. The molecule has 0 N–H and O–H groups in total. The largest absolute Gasteiger partial charge is 0.241 e. The van der Waals surface area contributed by atoms with Crippen molar-refractivity contribution < 1.29 is 4.39 Å². The lowest BCUT2D eigenvalue weighted by atomic mass is 11.7. The third-order valence-electron chi connectivity index (χ3n) is 0.283. The number of halogens is 1. The summed E-state index contributed by atoms with van der Waals surface area (Å²) in [6.07, 6.45) is 1.74. The van der Waals surface area contributed by atoms with Crippen molar-refractivity contribution >= 4 is 8.07 Å². The highest BCUT2D eigenvalue weighted by atomic mass is 28.3. The van der Waals surface area contributed by atoms with Crippen LogP contribution in [0, 0.1) is 6.30 Å². The second-order valence-electron chi connectivity index (χ2n) is 2.34. The molecule has 2 heteroatoms. The molecule has 0 amide bonds. The first-order valence-electron chi connectivity index (χ1n) is 1.94. The summed E-state index contributed by atoms with van der Waals surface area (Å²) in [7, 11) is -1.55. The molecule has 0 atom stereocenters. The quantitative estimate of drug-likeness (QED) is 0.445. The van der Waals surface area contributed by atoms with E-state index in [-0.39, 0.29) is 0 Å². The third-order valence-corrected chi connectivity index (χ3v) is 0.850. The summed E-state index contributed by atoms with van der Waals surface area (Å²) in [5, 5.41) is 0. The van der Waals surface area contributed by atoms with Crippen LogP contribution in [0.25, 0.3) is 0 Å². The maximum absolute atomic E-state index is 11.3. The average Bonchev–Trinajstić information content (AvgIpc) is 1.35. The molecule has 0 fully saturated rings. The van der Waals surface area contributed by atoms with Gasteiger partial charge in [0.15, 0.2) is 6.30 Å². The number of hydrogen-bond donors (Lipinski definition) is 0.